The first kappa shape index (κ1) is 14.9. The summed E-state index contributed by atoms with van der Waals surface area (Å²) in [7, 11) is 3.55. The van der Waals surface area contributed by atoms with Crippen molar-refractivity contribution in [2.24, 2.45) is 0 Å². The number of nitrogens with one attached hydrogen (secondary N) is 1. The summed E-state index contributed by atoms with van der Waals surface area (Å²) in [6.07, 6.45) is -2.30. The Hall–Kier alpha value is -1.20. The van der Waals surface area contributed by atoms with E-state index in [2.05, 4.69) is 5.32 Å². The van der Waals surface area contributed by atoms with Crippen LogP contribution in [0.25, 0.3) is 0 Å². The van der Waals surface area contributed by atoms with Gasteiger partial charge in [-0.15, -0.1) is 0 Å². The highest BCUT2D eigenvalue weighted by Gasteiger charge is 2.07. The Morgan fingerprint density at radius 1 is 1.28 bits per heavy atom. The summed E-state index contributed by atoms with van der Waals surface area (Å²) in [4.78, 5) is 1.56. The first-order valence-electron chi connectivity index (χ1n) is 5.95. The lowest BCUT2D eigenvalue weighted by atomic mass is 10.2. The molecule has 0 bridgehead atoms. The molecule has 0 aromatic heterocycles. The minimum absolute atomic E-state index is 0.218. The second-order valence-electron chi connectivity index (χ2n) is 4.18. The molecule has 1 rings (SSSR count). The van der Waals surface area contributed by atoms with Gasteiger partial charge in [-0.1, -0.05) is 12.1 Å². The highest BCUT2D eigenvalue weighted by molar-refractivity contribution is 5.27. The minimum atomic E-state index is -2.30. The smallest absolute Gasteiger partial charge is 0.251 e. The molecule has 0 spiro atoms. The number of halogens is 2. The van der Waals surface area contributed by atoms with Gasteiger partial charge in [-0.3, -0.25) is 4.90 Å². The fraction of sp³-hybridized carbons (Fsp3) is 0.538. The number of rotatable bonds is 8. The molecular weight excluding hydrogens is 238 g/mol. The Labute approximate surface area is 107 Å². The predicted octanol–water partition coefficient (Wildman–Crippen LogP) is 1.98. The first-order valence-corrected chi connectivity index (χ1v) is 5.95. The normalized spacial score (nSPS) is 11.2. The minimum Gasteiger partial charge on any atom is -0.492 e. The van der Waals surface area contributed by atoms with Crippen LogP contribution in [-0.2, 0) is 6.54 Å². The van der Waals surface area contributed by atoms with Crippen molar-refractivity contribution in [3.8, 4) is 5.75 Å². The van der Waals surface area contributed by atoms with Gasteiger partial charge in [-0.05, 0) is 31.8 Å². The molecule has 3 nitrogen and oxygen atoms in total. The van der Waals surface area contributed by atoms with Crippen LogP contribution in [0.1, 0.15) is 5.56 Å². The molecule has 18 heavy (non-hydrogen) atoms. The van der Waals surface area contributed by atoms with Crippen LogP contribution in [0, 0.1) is 0 Å². The maximum Gasteiger partial charge on any atom is 0.251 e. The Balaban J connectivity index is 2.26. The van der Waals surface area contributed by atoms with Gasteiger partial charge in [0.2, 0.25) is 0 Å². The van der Waals surface area contributed by atoms with Crippen molar-refractivity contribution in [1.29, 1.82) is 0 Å². The zero-order valence-corrected chi connectivity index (χ0v) is 10.8. The second kappa shape index (κ2) is 8.00. The van der Waals surface area contributed by atoms with Crippen molar-refractivity contribution in [1.82, 2.24) is 10.2 Å². The van der Waals surface area contributed by atoms with E-state index in [1.54, 1.807) is 11.9 Å². The van der Waals surface area contributed by atoms with Crippen LogP contribution in [0.15, 0.2) is 24.3 Å². The Morgan fingerprint density at radius 2 is 1.94 bits per heavy atom. The van der Waals surface area contributed by atoms with Crippen LogP contribution in [0.5, 0.6) is 5.75 Å². The summed E-state index contributed by atoms with van der Waals surface area (Å²) in [5.41, 5.74) is 1.18. The molecule has 1 aromatic carbocycles. The van der Waals surface area contributed by atoms with Gasteiger partial charge in [-0.25, -0.2) is 8.78 Å². The largest absolute Gasteiger partial charge is 0.492 e. The molecule has 102 valence electrons. The number of ether oxygens (including phenoxy) is 1. The summed E-state index contributed by atoms with van der Waals surface area (Å²) < 4.78 is 29.6. The van der Waals surface area contributed by atoms with Crippen molar-refractivity contribution in [3.05, 3.63) is 29.8 Å². The van der Waals surface area contributed by atoms with Gasteiger partial charge >= 0.3 is 0 Å². The molecule has 0 heterocycles. The van der Waals surface area contributed by atoms with Gasteiger partial charge in [0.1, 0.15) is 12.4 Å². The van der Waals surface area contributed by atoms with Gasteiger partial charge in [0.15, 0.2) is 0 Å². The first-order chi connectivity index (χ1) is 8.61. The monoisotopic (exact) mass is 258 g/mol. The Bertz CT molecular complexity index is 330. The van der Waals surface area contributed by atoms with Crippen LogP contribution >= 0.6 is 0 Å². The van der Waals surface area contributed by atoms with Crippen LogP contribution in [0.2, 0.25) is 0 Å². The maximum atomic E-state index is 12.1. The average Bonchev–Trinajstić information content (AvgIpc) is 2.31. The SMILES string of the molecule is CNCc1ccc(OCCN(C)CC(F)F)cc1. The zero-order valence-electron chi connectivity index (χ0n) is 10.8. The Morgan fingerprint density at radius 3 is 2.50 bits per heavy atom. The summed E-state index contributed by atoms with van der Waals surface area (Å²) in [6.45, 7) is 1.50. The fourth-order valence-corrected chi connectivity index (χ4v) is 1.55. The summed E-state index contributed by atoms with van der Waals surface area (Å²) in [5.74, 6) is 0.764. The molecule has 1 aromatic rings. The second-order valence-corrected chi connectivity index (χ2v) is 4.18. The topological polar surface area (TPSA) is 24.5 Å². The molecule has 0 fully saturated rings. The molecular formula is C13H20F2N2O. The summed E-state index contributed by atoms with van der Waals surface area (Å²) in [6, 6.07) is 7.74. The Kier molecular flexibility index (Phi) is 6.60. The van der Waals surface area contributed by atoms with E-state index < -0.39 is 6.43 Å². The molecule has 0 amide bonds. The summed E-state index contributed by atoms with van der Waals surface area (Å²) in [5, 5.41) is 3.06. The molecule has 0 saturated heterocycles. The van der Waals surface area contributed by atoms with Crippen molar-refractivity contribution >= 4 is 0 Å². The van der Waals surface area contributed by atoms with Crippen molar-refractivity contribution in [2.45, 2.75) is 13.0 Å². The van der Waals surface area contributed by atoms with E-state index in [9.17, 15) is 8.78 Å². The van der Waals surface area contributed by atoms with Gasteiger partial charge in [-0.2, -0.15) is 0 Å². The highest BCUT2D eigenvalue weighted by Crippen LogP contribution is 2.12. The van der Waals surface area contributed by atoms with Crippen molar-refractivity contribution in [3.63, 3.8) is 0 Å². The lowest BCUT2D eigenvalue weighted by Gasteiger charge is -2.16. The number of likely N-dealkylation sites (N-methyl/N-ethyl adjacent to an activating group) is 1. The standard InChI is InChI=1S/C13H20F2N2O/c1-16-9-11-3-5-12(6-4-11)18-8-7-17(2)10-13(14)15/h3-6,13,16H,7-10H2,1-2H3. The lowest BCUT2D eigenvalue weighted by molar-refractivity contribution is 0.0935. The van der Waals surface area contributed by atoms with E-state index in [1.165, 1.54) is 5.56 Å². The number of hydrogen-bond acceptors (Lipinski definition) is 3. The van der Waals surface area contributed by atoms with Crippen LogP contribution in [-0.4, -0.2) is 45.1 Å². The maximum absolute atomic E-state index is 12.1. The van der Waals surface area contributed by atoms with Crippen molar-refractivity contribution in [2.75, 3.05) is 33.8 Å². The lowest BCUT2D eigenvalue weighted by Crippen LogP contribution is -2.28. The van der Waals surface area contributed by atoms with E-state index in [-0.39, 0.29) is 6.54 Å². The van der Waals surface area contributed by atoms with Gasteiger partial charge < -0.3 is 10.1 Å². The molecule has 0 radical (unpaired) electrons. The molecule has 1 N–H and O–H groups in total. The van der Waals surface area contributed by atoms with Crippen LogP contribution in [0.4, 0.5) is 8.78 Å². The number of benzene rings is 1. The molecule has 0 unspecified atom stereocenters. The molecule has 0 aliphatic heterocycles. The van der Waals surface area contributed by atoms with E-state index >= 15 is 0 Å². The van der Waals surface area contributed by atoms with E-state index in [4.69, 9.17) is 4.74 Å². The predicted molar refractivity (Wildman–Crippen MR) is 68.2 cm³/mol. The van der Waals surface area contributed by atoms with E-state index in [1.807, 2.05) is 31.3 Å². The molecule has 0 atom stereocenters. The van der Waals surface area contributed by atoms with Gasteiger partial charge in [0, 0.05) is 13.1 Å². The zero-order chi connectivity index (χ0) is 13.4. The summed E-state index contributed by atoms with van der Waals surface area (Å²) >= 11 is 0. The molecule has 5 heteroatoms. The quantitative estimate of drug-likeness (QED) is 0.771. The van der Waals surface area contributed by atoms with E-state index in [0.29, 0.717) is 13.2 Å². The third-order valence-electron chi connectivity index (χ3n) is 2.50. The van der Waals surface area contributed by atoms with Crippen LogP contribution < -0.4 is 10.1 Å². The number of hydrogen-bond donors (Lipinski definition) is 1. The van der Waals surface area contributed by atoms with Crippen LogP contribution in [0.3, 0.4) is 0 Å². The average molecular weight is 258 g/mol. The number of alkyl halides is 2. The highest BCUT2D eigenvalue weighted by atomic mass is 19.3. The molecule has 0 saturated carbocycles. The third-order valence-corrected chi connectivity index (χ3v) is 2.50. The molecule has 0 aliphatic carbocycles. The number of nitrogens with zero attached hydrogens (tertiary/aromatic N) is 1. The van der Waals surface area contributed by atoms with Gasteiger partial charge in [0.25, 0.3) is 6.43 Å². The van der Waals surface area contributed by atoms with E-state index in [0.717, 1.165) is 12.3 Å². The molecule has 0 aliphatic rings. The fourth-order valence-electron chi connectivity index (χ4n) is 1.55. The van der Waals surface area contributed by atoms with Gasteiger partial charge in [0.05, 0.1) is 6.54 Å². The third kappa shape index (κ3) is 5.93. The van der Waals surface area contributed by atoms with Crippen molar-refractivity contribution < 1.29 is 13.5 Å².